The summed E-state index contributed by atoms with van der Waals surface area (Å²) in [4.78, 5) is 19.9. The Morgan fingerprint density at radius 3 is 0.978 bits per heavy atom. The maximum atomic E-state index is 5.29. The summed E-state index contributed by atoms with van der Waals surface area (Å²) in [6.45, 7) is 7.64. The highest BCUT2D eigenvalue weighted by Crippen LogP contribution is 2.31. The van der Waals surface area contributed by atoms with Crippen LogP contribution in [0.4, 0.5) is 34.1 Å². The Labute approximate surface area is 269 Å². The zero-order valence-corrected chi connectivity index (χ0v) is 26.7. The second-order valence-electron chi connectivity index (χ2n) is 10.4. The number of hydrazone groups is 2. The van der Waals surface area contributed by atoms with Crippen molar-refractivity contribution in [1.82, 2.24) is 0 Å². The van der Waals surface area contributed by atoms with Gasteiger partial charge in [0.15, 0.2) is 0 Å². The molecule has 4 aromatic carbocycles. The molecule has 4 aromatic rings. The quantitative estimate of drug-likeness (QED) is 0.212. The highest BCUT2D eigenvalue weighted by atomic mass is 16.5. The number of methoxy groups -OCH3 is 2. The normalized spacial score (nSPS) is 13.4. The third-order valence-electron chi connectivity index (χ3n) is 7.06. The molecule has 232 valence electrons. The Balaban J connectivity index is 1.64. The Morgan fingerprint density at radius 2 is 0.717 bits per heavy atom. The minimum Gasteiger partial charge on any atom is -0.497 e. The van der Waals surface area contributed by atoms with E-state index < -0.39 is 0 Å². The van der Waals surface area contributed by atoms with Gasteiger partial charge in [0.25, 0.3) is 0 Å². The topological polar surface area (TPSA) is 117 Å². The lowest BCUT2D eigenvalue weighted by Crippen LogP contribution is -2.22. The van der Waals surface area contributed by atoms with E-state index >= 15 is 0 Å². The molecule has 0 saturated carbocycles. The van der Waals surface area contributed by atoms with Gasteiger partial charge >= 0.3 is 0 Å². The molecule has 0 saturated heterocycles. The van der Waals surface area contributed by atoms with E-state index in [9.17, 15) is 0 Å². The van der Waals surface area contributed by atoms with Crippen LogP contribution < -0.4 is 20.3 Å². The summed E-state index contributed by atoms with van der Waals surface area (Å²) in [5.41, 5.74) is 14.4. The number of ether oxygens (including phenoxy) is 2. The smallest absolute Gasteiger partial charge is 0.126 e. The summed E-state index contributed by atoms with van der Waals surface area (Å²) in [7, 11) is 3.27. The molecule has 0 aliphatic carbocycles. The average Bonchev–Trinajstić information content (AvgIpc) is 3.07. The van der Waals surface area contributed by atoms with Gasteiger partial charge in [0.1, 0.15) is 22.9 Å². The van der Waals surface area contributed by atoms with Crippen molar-refractivity contribution in [2.45, 2.75) is 27.7 Å². The van der Waals surface area contributed by atoms with Gasteiger partial charge in [-0.2, -0.15) is 10.2 Å². The van der Waals surface area contributed by atoms with E-state index in [1.54, 1.807) is 14.2 Å². The van der Waals surface area contributed by atoms with Crippen LogP contribution in [0.25, 0.3) is 0 Å². The van der Waals surface area contributed by atoms with E-state index in [1.807, 2.05) is 125 Å². The van der Waals surface area contributed by atoms with Crippen molar-refractivity contribution >= 4 is 68.4 Å². The molecule has 1 aliphatic heterocycles. The molecular formula is C36H36N8O2. The van der Waals surface area contributed by atoms with Gasteiger partial charge in [0, 0.05) is 0 Å². The van der Waals surface area contributed by atoms with Crippen LogP contribution in [0.5, 0.6) is 11.5 Å². The number of para-hydroxylation sites is 4. The molecule has 0 amide bonds. The van der Waals surface area contributed by atoms with Gasteiger partial charge in [0.2, 0.25) is 0 Å². The Kier molecular flexibility index (Phi) is 10.1. The average molecular weight is 613 g/mol. The summed E-state index contributed by atoms with van der Waals surface area (Å²) in [6.07, 6.45) is 0. The lowest BCUT2D eigenvalue weighted by Gasteiger charge is -2.13. The summed E-state index contributed by atoms with van der Waals surface area (Å²) in [5, 5.41) is 9.50. The number of hydrogen-bond acceptors (Lipinski definition) is 10. The van der Waals surface area contributed by atoms with E-state index in [4.69, 9.17) is 39.6 Å². The van der Waals surface area contributed by atoms with Gasteiger partial charge in [-0.3, -0.25) is 10.9 Å². The molecule has 10 nitrogen and oxygen atoms in total. The first-order valence-corrected chi connectivity index (χ1v) is 14.7. The third kappa shape index (κ3) is 7.78. The van der Waals surface area contributed by atoms with Crippen molar-refractivity contribution < 1.29 is 9.47 Å². The molecule has 1 heterocycles. The molecular weight excluding hydrogens is 576 g/mol. The van der Waals surface area contributed by atoms with Gasteiger partial charge in [-0.05, 0) is 100 Å². The predicted molar refractivity (Wildman–Crippen MR) is 192 cm³/mol. The molecule has 46 heavy (non-hydrogen) atoms. The molecule has 2 N–H and O–H groups in total. The van der Waals surface area contributed by atoms with E-state index in [0.717, 1.165) is 22.9 Å². The van der Waals surface area contributed by atoms with Crippen molar-refractivity contribution in [1.29, 1.82) is 0 Å². The fourth-order valence-electron chi connectivity index (χ4n) is 4.66. The van der Waals surface area contributed by atoms with Gasteiger partial charge < -0.3 is 9.47 Å². The van der Waals surface area contributed by atoms with Crippen molar-refractivity contribution in [3.05, 3.63) is 97.1 Å². The minimum atomic E-state index is 0.588. The first kappa shape index (κ1) is 31.5. The van der Waals surface area contributed by atoms with Crippen LogP contribution in [0.3, 0.4) is 0 Å². The first-order chi connectivity index (χ1) is 22.3. The molecule has 0 radical (unpaired) electrons. The third-order valence-corrected chi connectivity index (χ3v) is 7.06. The Hall–Kier alpha value is -5.90. The number of fused-ring (bicyclic) bond motifs is 2. The standard InChI is InChI=1S/C36H36N8O2/c1-23-35(43-41-27-15-19-29(45-5)20-16-27)24(2)38-33-13-9-10-14-34(33)40-26(4)36(44-42-28-17-21-30(46-6)22-18-28)25(3)39-32-12-8-7-11-31(32)37-23/h7-22,41-42H,1-6H3. The molecule has 0 bridgehead atoms. The second-order valence-corrected chi connectivity index (χ2v) is 10.4. The molecule has 0 fully saturated rings. The Morgan fingerprint density at radius 1 is 0.435 bits per heavy atom. The second kappa shape index (κ2) is 14.7. The molecule has 0 aromatic heterocycles. The predicted octanol–water partition coefficient (Wildman–Crippen LogP) is 8.72. The molecule has 1 aliphatic rings. The number of nitrogens with zero attached hydrogens (tertiary/aromatic N) is 6. The number of hydrogen-bond donors (Lipinski definition) is 2. The molecule has 0 atom stereocenters. The van der Waals surface area contributed by atoms with Gasteiger partial charge in [-0.25, -0.2) is 20.0 Å². The summed E-state index contributed by atoms with van der Waals surface area (Å²) >= 11 is 0. The fraction of sp³-hybridized carbons (Fsp3) is 0.167. The largest absolute Gasteiger partial charge is 0.497 e. The number of aliphatic imine (C=N–C) groups is 4. The van der Waals surface area contributed by atoms with Crippen LogP contribution in [0.15, 0.2) is 127 Å². The van der Waals surface area contributed by atoms with Gasteiger partial charge in [-0.15, -0.1) is 0 Å². The van der Waals surface area contributed by atoms with E-state index in [2.05, 4.69) is 10.9 Å². The number of anilines is 2. The van der Waals surface area contributed by atoms with Gasteiger partial charge in [0.05, 0.1) is 71.2 Å². The number of rotatable bonds is 6. The summed E-state index contributed by atoms with van der Waals surface area (Å²) in [5.74, 6) is 1.52. The molecule has 10 heteroatoms. The van der Waals surface area contributed by atoms with Gasteiger partial charge in [-0.1, -0.05) is 24.3 Å². The van der Waals surface area contributed by atoms with Crippen molar-refractivity contribution in [2.75, 3.05) is 25.1 Å². The van der Waals surface area contributed by atoms with Crippen LogP contribution in [-0.2, 0) is 0 Å². The Bertz CT molecular complexity index is 1670. The lowest BCUT2D eigenvalue weighted by molar-refractivity contribution is 0.415. The van der Waals surface area contributed by atoms with Crippen LogP contribution in [0.1, 0.15) is 27.7 Å². The van der Waals surface area contributed by atoms with E-state index in [0.29, 0.717) is 57.0 Å². The SMILES string of the molecule is COc1ccc(NN=C2C(C)=Nc3ccccc3N=C(C)C(=NNc3ccc(OC)cc3)C(C)=Nc3ccccc3N=C2C)cc1. The van der Waals surface area contributed by atoms with Crippen LogP contribution in [-0.4, -0.2) is 48.5 Å². The van der Waals surface area contributed by atoms with Crippen molar-refractivity contribution in [2.24, 2.45) is 30.2 Å². The zero-order chi connectivity index (χ0) is 32.5. The number of benzene rings is 4. The van der Waals surface area contributed by atoms with E-state index in [1.165, 1.54) is 0 Å². The fourth-order valence-corrected chi connectivity index (χ4v) is 4.66. The lowest BCUT2D eigenvalue weighted by atomic mass is 10.1. The molecule has 0 spiro atoms. The van der Waals surface area contributed by atoms with Crippen LogP contribution in [0, 0.1) is 0 Å². The van der Waals surface area contributed by atoms with Crippen LogP contribution in [0.2, 0.25) is 0 Å². The highest BCUT2D eigenvalue weighted by molar-refractivity contribution is 6.69. The summed E-state index contributed by atoms with van der Waals surface area (Å²) < 4.78 is 10.6. The van der Waals surface area contributed by atoms with E-state index in [-0.39, 0.29) is 0 Å². The zero-order valence-electron chi connectivity index (χ0n) is 26.7. The maximum Gasteiger partial charge on any atom is 0.126 e. The highest BCUT2D eigenvalue weighted by Gasteiger charge is 2.16. The summed E-state index contributed by atoms with van der Waals surface area (Å²) in [6, 6.07) is 30.5. The van der Waals surface area contributed by atoms with Crippen LogP contribution >= 0.6 is 0 Å². The molecule has 0 unspecified atom stereocenters. The monoisotopic (exact) mass is 612 g/mol. The maximum absolute atomic E-state index is 5.29. The van der Waals surface area contributed by atoms with Crippen molar-refractivity contribution in [3.8, 4) is 11.5 Å². The number of nitrogens with one attached hydrogen (secondary N) is 2. The van der Waals surface area contributed by atoms with Crippen molar-refractivity contribution in [3.63, 3.8) is 0 Å². The first-order valence-electron chi connectivity index (χ1n) is 14.7. The minimum absolute atomic E-state index is 0.588. The molecule has 5 rings (SSSR count).